The Morgan fingerprint density at radius 2 is 0.868 bits per heavy atom. The SMILES string of the molecule is CNCCOCCOCCNC(=O)CCC(=O)NCCOCCOCCNC(=O)CCC(=O)OC(C)(C)C. The molecule has 0 aliphatic heterocycles. The third-order valence-electron chi connectivity index (χ3n) is 4.50. The van der Waals surface area contributed by atoms with Crippen LogP contribution in [0.1, 0.15) is 46.5 Å². The molecule has 0 rings (SSSR count). The van der Waals surface area contributed by atoms with Gasteiger partial charge in [0.2, 0.25) is 17.7 Å². The third kappa shape index (κ3) is 26.7. The number of hydrogen-bond acceptors (Lipinski definition) is 10. The van der Waals surface area contributed by atoms with Crippen LogP contribution in [-0.2, 0) is 42.9 Å². The fraction of sp³-hybridized carbons (Fsp3) is 0.840. The minimum atomic E-state index is -0.564. The van der Waals surface area contributed by atoms with Gasteiger partial charge in [-0.15, -0.1) is 0 Å². The second kappa shape index (κ2) is 23.8. The van der Waals surface area contributed by atoms with E-state index in [0.29, 0.717) is 72.5 Å². The Balaban J connectivity index is 3.45. The Morgan fingerprint density at radius 1 is 0.526 bits per heavy atom. The predicted molar refractivity (Wildman–Crippen MR) is 141 cm³/mol. The van der Waals surface area contributed by atoms with Crippen molar-refractivity contribution in [1.82, 2.24) is 21.3 Å². The van der Waals surface area contributed by atoms with Gasteiger partial charge >= 0.3 is 5.97 Å². The summed E-state index contributed by atoms with van der Waals surface area (Å²) in [5.41, 5.74) is -0.564. The van der Waals surface area contributed by atoms with Gasteiger partial charge in [-0.3, -0.25) is 19.2 Å². The maximum Gasteiger partial charge on any atom is 0.306 e. The summed E-state index contributed by atoms with van der Waals surface area (Å²) >= 11 is 0. The minimum Gasteiger partial charge on any atom is -0.460 e. The molecule has 222 valence electrons. The molecule has 0 aliphatic rings. The monoisotopic (exact) mass is 548 g/mol. The fourth-order valence-electron chi connectivity index (χ4n) is 2.71. The van der Waals surface area contributed by atoms with Crippen LogP contribution < -0.4 is 21.3 Å². The largest absolute Gasteiger partial charge is 0.460 e. The highest BCUT2D eigenvalue weighted by molar-refractivity contribution is 5.83. The van der Waals surface area contributed by atoms with Gasteiger partial charge in [-0.05, 0) is 27.8 Å². The Hall–Kier alpha value is -2.32. The first kappa shape index (κ1) is 35.7. The first-order valence-electron chi connectivity index (χ1n) is 13.1. The quantitative estimate of drug-likeness (QED) is 0.0916. The zero-order chi connectivity index (χ0) is 28.5. The van der Waals surface area contributed by atoms with Crippen molar-refractivity contribution in [3.63, 3.8) is 0 Å². The molecule has 4 N–H and O–H groups in total. The lowest BCUT2D eigenvalue weighted by Crippen LogP contribution is -2.31. The molecule has 0 spiro atoms. The summed E-state index contributed by atoms with van der Waals surface area (Å²) in [4.78, 5) is 46.9. The summed E-state index contributed by atoms with van der Waals surface area (Å²) in [6.45, 7) is 10.5. The molecule has 0 saturated heterocycles. The van der Waals surface area contributed by atoms with Gasteiger partial charge in [-0.2, -0.15) is 0 Å². The Bertz CT molecular complexity index is 657. The first-order valence-corrected chi connectivity index (χ1v) is 13.1. The number of rotatable bonds is 24. The van der Waals surface area contributed by atoms with Crippen molar-refractivity contribution in [2.24, 2.45) is 0 Å². The van der Waals surface area contributed by atoms with Crippen LogP contribution in [-0.4, -0.2) is 115 Å². The van der Waals surface area contributed by atoms with Gasteiger partial charge in [0.15, 0.2) is 0 Å². The molecule has 13 heteroatoms. The van der Waals surface area contributed by atoms with E-state index in [1.807, 2.05) is 7.05 Å². The molecular weight excluding hydrogens is 500 g/mol. The van der Waals surface area contributed by atoms with Crippen molar-refractivity contribution >= 4 is 23.7 Å². The summed E-state index contributed by atoms with van der Waals surface area (Å²) in [5.74, 6) is -1.08. The smallest absolute Gasteiger partial charge is 0.306 e. The molecule has 0 aliphatic carbocycles. The molecule has 0 aromatic rings. The van der Waals surface area contributed by atoms with Gasteiger partial charge in [0, 0.05) is 45.4 Å². The zero-order valence-corrected chi connectivity index (χ0v) is 23.5. The van der Waals surface area contributed by atoms with E-state index >= 15 is 0 Å². The van der Waals surface area contributed by atoms with Crippen LogP contribution in [0.2, 0.25) is 0 Å². The van der Waals surface area contributed by atoms with Gasteiger partial charge in [0.05, 0.1) is 59.3 Å². The molecule has 3 amide bonds. The van der Waals surface area contributed by atoms with Crippen molar-refractivity contribution in [3.8, 4) is 0 Å². The number of esters is 1. The van der Waals surface area contributed by atoms with Gasteiger partial charge in [0.25, 0.3) is 0 Å². The standard InChI is InChI=1S/C25H48N4O9/c1-25(2,3)38-24(33)8-7-23(32)29-12-16-37-20-19-36-15-11-28-22(31)6-5-21(30)27-10-14-35-18-17-34-13-9-26-4/h26H,5-20H2,1-4H3,(H,27,30)(H,28,31)(H,29,32). The molecular formula is C25H48N4O9. The number of hydrogen-bond donors (Lipinski definition) is 4. The number of carbonyl (C=O) groups is 4. The van der Waals surface area contributed by atoms with E-state index in [-0.39, 0.29) is 43.4 Å². The summed E-state index contributed by atoms with van der Waals surface area (Å²) < 4.78 is 26.5. The van der Waals surface area contributed by atoms with Crippen LogP contribution in [0, 0.1) is 0 Å². The predicted octanol–water partition coefficient (Wildman–Crippen LogP) is -0.477. The highest BCUT2D eigenvalue weighted by Crippen LogP contribution is 2.08. The highest BCUT2D eigenvalue weighted by Gasteiger charge is 2.16. The molecule has 0 bridgehead atoms. The van der Waals surface area contributed by atoms with E-state index in [2.05, 4.69) is 21.3 Å². The fourth-order valence-corrected chi connectivity index (χ4v) is 2.71. The molecule has 0 atom stereocenters. The van der Waals surface area contributed by atoms with Gasteiger partial charge in [0.1, 0.15) is 5.60 Å². The number of ether oxygens (including phenoxy) is 5. The second-order valence-electron chi connectivity index (χ2n) is 9.19. The Labute approximate surface area is 226 Å². The molecule has 0 radical (unpaired) electrons. The van der Waals surface area contributed by atoms with Crippen LogP contribution in [0.4, 0.5) is 0 Å². The van der Waals surface area contributed by atoms with Gasteiger partial charge in [-0.1, -0.05) is 0 Å². The summed E-state index contributed by atoms with van der Waals surface area (Å²) in [5, 5.41) is 11.0. The number of carbonyl (C=O) groups excluding carboxylic acids is 4. The van der Waals surface area contributed by atoms with E-state index in [4.69, 9.17) is 23.7 Å². The minimum absolute atomic E-state index is 0.0332. The molecule has 0 aromatic heterocycles. The maximum absolute atomic E-state index is 11.8. The van der Waals surface area contributed by atoms with E-state index in [1.165, 1.54) is 0 Å². The van der Waals surface area contributed by atoms with Crippen LogP contribution in [0.3, 0.4) is 0 Å². The molecule has 0 fully saturated rings. The van der Waals surface area contributed by atoms with E-state index in [0.717, 1.165) is 6.54 Å². The van der Waals surface area contributed by atoms with Crippen LogP contribution >= 0.6 is 0 Å². The zero-order valence-electron chi connectivity index (χ0n) is 23.5. The Morgan fingerprint density at radius 3 is 1.21 bits per heavy atom. The van der Waals surface area contributed by atoms with E-state index in [1.54, 1.807) is 20.8 Å². The molecule has 0 aromatic carbocycles. The molecule has 13 nitrogen and oxygen atoms in total. The normalized spacial score (nSPS) is 11.2. The first-order chi connectivity index (χ1) is 18.1. The van der Waals surface area contributed by atoms with Crippen molar-refractivity contribution in [2.45, 2.75) is 52.1 Å². The van der Waals surface area contributed by atoms with Crippen molar-refractivity contribution < 1.29 is 42.9 Å². The number of nitrogens with one attached hydrogen (secondary N) is 4. The van der Waals surface area contributed by atoms with Gasteiger partial charge < -0.3 is 45.0 Å². The molecule has 0 unspecified atom stereocenters. The lowest BCUT2D eigenvalue weighted by molar-refractivity contribution is -0.155. The van der Waals surface area contributed by atoms with Gasteiger partial charge in [-0.25, -0.2) is 0 Å². The maximum atomic E-state index is 11.8. The molecule has 0 saturated carbocycles. The molecule has 38 heavy (non-hydrogen) atoms. The van der Waals surface area contributed by atoms with Crippen molar-refractivity contribution in [2.75, 3.05) is 86.1 Å². The van der Waals surface area contributed by atoms with Crippen LogP contribution in [0.15, 0.2) is 0 Å². The summed E-state index contributed by atoms with van der Waals surface area (Å²) in [6.07, 6.45) is 0.298. The lowest BCUT2D eigenvalue weighted by Gasteiger charge is -2.19. The van der Waals surface area contributed by atoms with Crippen LogP contribution in [0.5, 0.6) is 0 Å². The summed E-state index contributed by atoms with van der Waals surface area (Å²) in [7, 11) is 1.86. The topological polar surface area (TPSA) is 163 Å². The van der Waals surface area contributed by atoms with Crippen molar-refractivity contribution in [1.29, 1.82) is 0 Å². The average Bonchev–Trinajstić information content (AvgIpc) is 2.85. The second-order valence-corrected chi connectivity index (χ2v) is 9.19. The van der Waals surface area contributed by atoms with E-state index in [9.17, 15) is 19.2 Å². The molecule has 0 heterocycles. The van der Waals surface area contributed by atoms with Crippen molar-refractivity contribution in [3.05, 3.63) is 0 Å². The third-order valence-corrected chi connectivity index (χ3v) is 4.50. The highest BCUT2D eigenvalue weighted by atomic mass is 16.6. The lowest BCUT2D eigenvalue weighted by atomic mass is 10.2. The Kier molecular flexibility index (Phi) is 22.3. The van der Waals surface area contributed by atoms with E-state index < -0.39 is 11.6 Å². The van der Waals surface area contributed by atoms with Crippen LogP contribution in [0.25, 0.3) is 0 Å². The number of amides is 3. The summed E-state index contributed by atoms with van der Waals surface area (Å²) in [6, 6.07) is 0. The average molecular weight is 549 g/mol. The number of likely N-dealkylation sites (N-methyl/N-ethyl adjacent to an activating group) is 1.